The molecule has 0 spiro atoms. The molecular weight excluding hydrogens is 243 g/mol. The monoisotopic (exact) mass is 256 g/mol. The zero-order chi connectivity index (χ0) is 13.6. The van der Waals surface area contributed by atoms with Gasteiger partial charge in [-0.05, 0) is 37.6 Å². The van der Waals surface area contributed by atoms with Crippen LogP contribution in [0.2, 0.25) is 0 Å². The minimum absolute atomic E-state index is 0.211. The molecule has 0 radical (unpaired) electrons. The topological polar surface area (TPSA) is 43.6 Å². The third-order valence-electron chi connectivity index (χ3n) is 3.14. The molecular formula is C14H13FN4. The summed E-state index contributed by atoms with van der Waals surface area (Å²) in [6.45, 7) is 3.58. The van der Waals surface area contributed by atoms with Crippen molar-refractivity contribution >= 4 is 11.0 Å². The average Bonchev–Trinajstić information content (AvgIpc) is 2.74. The molecule has 0 aliphatic heterocycles. The Morgan fingerprint density at radius 2 is 1.95 bits per heavy atom. The van der Waals surface area contributed by atoms with Crippen molar-refractivity contribution in [2.75, 3.05) is 0 Å². The fourth-order valence-electron chi connectivity index (χ4n) is 2.14. The third-order valence-corrected chi connectivity index (χ3v) is 3.14. The van der Waals surface area contributed by atoms with E-state index in [-0.39, 0.29) is 5.82 Å². The lowest BCUT2D eigenvalue weighted by Crippen LogP contribution is -1.97. The van der Waals surface area contributed by atoms with Crippen LogP contribution in [-0.4, -0.2) is 19.7 Å². The third kappa shape index (κ3) is 1.87. The Hall–Kier alpha value is -2.30. The molecule has 0 saturated heterocycles. The van der Waals surface area contributed by atoms with Crippen molar-refractivity contribution in [3.63, 3.8) is 0 Å². The van der Waals surface area contributed by atoms with E-state index in [1.54, 1.807) is 29.9 Å². The molecule has 0 bridgehead atoms. The van der Waals surface area contributed by atoms with Gasteiger partial charge in [0.05, 0.1) is 17.3 Å². The van der Waals surface area contributed by atoms with Crippen LogP contribution in [0.3, 0.4) is 0 Å². The highest BCUT2D eigenvalue weighted by Crippen LogP contribution is 2.26. The molecule has 5 heteroatoms. The van der Waals surface area contributed by atoms with Gasteiger partial charge in [0.25, 0.3) is 0 Å². The molecule has 0 unspecified atom stereocenters. The number of nitrogens with zero attached hydrogens (tertiary/aromatic N) is 4. The molecule has 0 aliphatic carbocycles. The second kappa shape index (κ2) is 4.12. The lowest BCUT2D eigenvalue weighted by atomic mass is 10.1. The molecule has 0 aliphatic rings. The Balaban J connectivity index is 2.32. The Labute approximate surface area is 109 Å². The van der Waals surface area contributed by atoms with Crippen LogP contribution in [0.15, 0.2) is 24.4 Å². The van der Waals surface area contributed by atoms with Gasteiger partial charge in [-0.3, -0.25) is 4.68 Å². The van der Waals surface area contributed by atoms with E-state index < -0.39 is 0 Å². The van der Waals surface area contributed by atoms with Crippen molar-refractivity contribution in [3.8, 4) is 11.3 Å². The van der Waals surface area contributed by atoms with E-state index in [1.807, 2.05) is 14.0 Å². The van der Waals surface area contributed by atoms with Gasteiger partial charge < -0.3 is 0 Å². The second-order valence-electron chi connectivity index (χ2n) is 4.59. The van der Waals surface area contributed by atoms with Crippen LogP contribution < -0.4 is 0 Å². The largest absolute Gasteiger partial charge is 0.250 e. The Bertz CT molecular complexity index is 776. The van der Waals surface area contributed by atoms with Crippen molar-refractivity contribution in [1.29, 1.82) is 0 Å². The van der Waals surface area contributed by atoms with Crippen LogP contribution in [-0.2, 0) is 7.05 Å². The van der Waals surface area contributed by atoms with Crippen LogP contribution in [0.5, 0.6) is 0 Å². The van der Waals surface area contributed by atoms with E-state index in [0.717, 1.165) is 22.3 Å². The summed E-state index contributed by atoms with van der Waals surface area (Å²) in [5.74, 6) is 0.463. The Kier molecular flexibility index (Phi) is 2.55. The summed E-state index contributed by atoms with van der Waals surface area (Å²) in [6, 6.07) is 4.99. The van der Waals surface area contributed by atoms with Gasteiger partial charge in [-0.25, -0.2) is 14.4 Å². The van der Waals surface area contributed by atoms with Gasteiger partial charge in [-0.2, -0.15) is 5.10 Å². The van der Waals surface area contributed by atoms with E-state index in [0.29, 0.717) is 11.4 Å². The maximum Gasteiger partial charge on any atom is 0.161 e. The zero-order valence-electron chi connectivity index (χ0n) is 11.0. The molecule has 1 aromatic carbocycles. The first kappa shape index (κ1) is 11.8. The zero-order valence-corrected chi connectivity index (χ0v) is 11.0. The van der Waals surface area contributed by atoms with E-state index in [1.165, 1.54) is 6.07 Å². The average molecular weight is 256 g/mol. The molecule has 0 atom stereocenters. The first-order valence-electron chi connectivity index (χ1n) is 5.99. The van der Waals surface area contributed by atoms with Crippen molar-refractivity contribution < 1.29 is 4.39 Å². The lowest BCUT2D eigenvalue weighted by Gasteiger charge is -2.06. The summed E-state index contributed by atoms with van der Waals surface area (Å²) in [5.41, 5.74) is 3.05. The number of benzene rings is 1. The fraction of sp³-hybridized carbons (Fsp3) is 0.214. The first-order chi connectivity index (χ1) is 9.06. The van der Waals surface area contributed by atoms with Gasteiger partial charge in [-0.15, -0.1) is 0 Å². The fourth-order valence-corrected chi connectivity index (χ4v) is 2.14. The number of aryl methyl sites for hydroxylation is 3. The summed E-state index contributed by atoms with van der Waals surface area (Å²) < 4.78 is 15.1. The van der Waals surface area contributed by atoms with Crippen molar-refractivity contribution in [2.24, 2.45) is 7.05 Å². The summed E-state index contributed by atoms with van der Waals surface area (Å²) in [5, 5.41) is 5.08. The standard InChI is InChI=1S/C14H13FN4/c1-8-6-10(4-5-12(8)15)13-11-7-16-19(3)14(11)18-9(2)17-13/h4-7H,1-3H3. The van der Waals surface area contributed by atoms with Crippen molar-refractivity contribution in [3.05, 3.63) is 41.6 Å². The smallest absolute Gasteiger partial charge is 0.161 e. The molecule has 0 saturated carbocycles. The van der Waals surface area contributed by atoms with Gasteiger partial charge in [0.2, 0.25) is 0 Å². The SMILES string of the molecule is Cc1nc(-c2ccc(F)c(C)c2)c2cnn(C)c2n1. The molecule has 0 N–H and O–H groups in total. The number of fused-ring (bicyclic) bond motifs is 1. The highest BCUT2D eigenvalue weighted by Gasteiger charge is 2.12. The minimum atomic E-state index is -0.211. The summed E-state index contributed by atoms with van der Waals surface area (Å²) in [4.78, 5) is 8.85. The van der Waals surface area contributed by atoms with Crippen LogP contribution >= 0.6 is 0 Å². The van der Waals surface area contributed by atoms with E-state index in [4.69, 9.17) is 0 Å². The molecule has 2 aromatic heterocycles. The number of hydrogen-bond acceptors (Lipinski definition) is 3. The quantitative estimate of drug-likeness (QED) is 0.672. The number of halogens is 1. The minimum Gasteiger partial charge on any atom is -0.250 e. The molecule has 96 valence electrons. The lowest BCUT2D eigenvalue weighted by molar-refractivity contribution is 0.619. The van der Waals surface area contributed by atoms with Gasteiger partial charge in [0.15, 0.2) is 5.65 Å². The van der Waals surface area contributed by atoms with Gasteiger partial charge in [0.1, 0.15) is 11.6 Å². The molecule has 2 heterocycles. The maximum atomic E-state index is 13.4. The molecule has 19 heavy (non-hydrogen) atoms. The van der Waals surface area contributed by atoms with Crippen LogP contribution in [0.25, 0.3) is 22.3 Å². The van der Waals surface area contributed by atoms with Crippen LogP contribution in [0.4, 0.5) is 4.39 Å². The van der Waals surface area contributed by atoms with Gasteiger partial charge >= 0.3 is 0 Å². The first-order valence-corrected chi connectivity index (χ1v) is 5.99. The van der Waals surface area contributed by atoms with Crippen molar-refractivity contribution in [2.45, 2.75) is 13.8 Å². The maximum absolute atomic E-state index is 13.4. The van der Waals surface area contributed by atoms with Crippen molar-refractivity contribution in [1.82, 2.24) is 19.7 Å². The van der Waals surface area contributed by atoms with E-state index >= 15 is 0 Å². The highest BCUT2D eigenvalue weighted by molar-refractivity contribution is 5.90. The number of rotatable bonds is 1. The highest BCUT2D eigenvalue weighted by atomic mass is 19.1. The normalized spacial score (nSPS) is 11.2. The number of aromatic nitrogens is 4. The van der Waals surface area contributed by atoms with Gasteiger partial charge in [-0.1, -0.05) is 0 Å². The second-order valence-corrected chi connectivity index (χ2v) is 4.59. The molecule has 0 amide bonds. The van der Waals surface area contributed by atoms with Gasteiger partial charge in [0, 0.05) is 12.6 Å². The summed E-state index contributed by atoms with van der Waals surface area (Å²) >= 11 is 0. The number of hydrogen-bond donors (Lipinski definition) is 0. The predicted octanol–water partition coefficient (Wildman–Crippen LogP) is 2.79. The molecule has 0 fully saturated rings. The van der Waals surface area contributed by atoms with Crippen LogP contribution in [0, 0.1) is 19.7 Å². The Morgan fingerprint density at radius 1 is 1.16 bits per heavy atom. The van der Waals surface area contributed by atoms with E-state index in [2.05, 4.69) is 15.1 Å². The molecule has 3 rings (SSSR count). The van der Waals surface area contributed by atoms with E-state index in [9.17, 15) is 4.39 Å². The Morgan fingerprint density at radius 3 is 2.68 bits per heavy atom. The summed E-state index contributed by atoms with van der Waals surface area (Å²) in [7, 11) is 1.84. The predicted molar refractivity (Wildman–Crippen MR) is 71.2 cm³/mol. The summed E-state index contributed by atoms with van der Waals surface area (Å²) in [6.07, 6.45) is 1.74. The molecule has 3 aromatic rings. The van der Waals surface area contributed by atoms with Crippen LogP contribution in [0.1, 0.15) is 11.4 Å². The molecule has 4 nitrogen and oxygen atoms in total.